The molecule has 0 bridgehead atoms. The summed E-state index contributed by atoms with van der Waals surface area (Å²) in [4.78, 5) is 11.5. The first-order chi connectivity index (χ1) is 13.5. The third-order valence-corrected chi connectivity index (χ3v) is 4.79. The van der Waals surface area contributed by atoms with Crippen molar-refractivity contribution in [1.29, 1.82) is 0 Å². The third-order valence-electron chi connectivity index (χ3n) is 4.79. The highest BCUT2D eigenvalue weighted by Crippen LogP contribution is 2.29. The zero-order valence-corrected chi connectivity index (χ0v) is 15.5. The number of aliphatic hydroxyl groups is 1. The molecular formula is C23H20N2O3. The van der Waals surface area contributed by atoms with E-state index in [-0.39, 0.29) is 12.2 Å². The van der Waals surface area contributed by atoms with Crippen LogP contribution in [0.2, 0.25) is 0 Å². The summed E-state index contributed by atoms with van der Waals surface area (Å²) in [7, 11) is 0. The second kappa shape index (κ2) is 7.29. The van der Waals surface area contributed by atoms with Crippen LogP contribution < -0.4 is 0 Å². The molecule has 28 heavy (non-hydrogen) atoms. The van der Waals surface area contributed by atoms with Crippen LogP contribution in [0.1, 0.15) is 32.6 Å². The van der Waals surface area contributed by atoms with Crippen molar-refractivity contribution in [2.75, 3.05) is 0 Å². The number of carboxylic acid groups (broad SMARTS) is 1. The summed E-state index contributed by atoms with van der Waals surface area (Å²) in [6.07, 6.45) is 2.50. The Morgan fingerprint density at radius 3 is 2.50 bits per heavy atom. The van der Waals surface area contributed by atoms with E-state index in [2.05, 4.69) is 0 Å². The monoisotopic (exact) mass is 372 g/mol. The number of hydrogen-bond donors (Lipinski definition) is 2. The Bertz CT molecular complexity index is 1160. The van der Waals surface area contributed by atoms with Gasteiger partial charge in [-0.15, -0.1) is 0 Å². The van der Waals surface area contributed by atoms with Crippen LogP contribution in [0.3, 0.4) is 0 Å². The highest BCUT2D eigenvalue weighted by molar-refractivity contribution is 5.88. The Morgan fingerprint density at radius 2 is 1.79 bits per heavy atom. The van der Waals surface area contributed by atoms with Gasteiger partial charge in [-0.05, 0) is 41.8 Å². The van der Waals surface area contributed by atoms with Crippen molar-refractivity contribution in [3.63, 3.8) is 0 Å². The number of rotatable bonds is 5. The van der Waals surface area contributed by atoms with E-state index in [0.29, 0.717) is 12.0 Å². The maximum atomic E-state index is 11.5. The van der Waals surface area contributed by atoms with Gasteiger partial charge < -0.3 is 10.2 Å². The second-order valence-corrected chi connectivity index (χ2v) is 6.91. The normalized spacial score (nSPS) is 11.1. The van der Waals surface area contributed by atoms with Crippen LogP contribution in [0.4, 0.5) is 0 Å². The first-order valence-corrected chi connectivity index (χ1v) is 9.05. The number of aliphatic hydroxyl groups excluding tert-OH is 1. The van der Waals surface area contributed by atoms with Crippen LogP contribution in [0.15, 0.2) is 66.9 Å². The number of nitrogens with zero attached hydrogens (tertiary/aromatic N) is 2. The lowest BCUT2D eigenvalue weighted by molar-refractivity contribution is 0.0696. The Labute approximate surface area is 162 Å². The van der Waals surface area contributed by atoms with Gasteiger partial charge in [0, 0.05) is 23.7 Å². The molecule has 0 spiro atoms. The van der Waals surface area contributed by atoms with Crippen LogP contribution in [0.5, 0.6) is 0 Å². The fraction of sp³-hybridized carbons (Fsp3) is 0.130. The predicted octanol–water partition coefficient (Wildman–Crippen LogP) is 4.09. The highest BCUT2D eigenvalue weighted by Gasteiger charge is 2.16. The van der Waals surface area contributed by atoms with E-state index in [1.807, 2.05) is 66.2 Å². The largest absolute Gasteiger partial charge is 0.478 e. The molecule has 0 aliphatic rings. The smallest absolute Gasteiger partial charge is 0.335 e. The first-order valence-electron chi connectivity index (χ1n) is 9.05. The van der Waals surface area contributed by atoms with Gasteiger partial charge in [0.2, 0.25) is 0 Å². The van der Waals surface area contributed by atoms with E-state index in [9.17, 15) is 15.0 Å². The molecule has 0 aliphatic heterocycles. The fourth-order valence-corrected chi connectivity index (χ4v) is 3.49. The highest BCUT2D eigenvalue weighted by atomic mass is 16.4. The summed E-state index contributed by atoms with van der Waals surface area (Å²) < 4.78 is 1.88. The molecule has 2 N–H and O–H groups in total. The molecule has 0 radical (unpaired) electrons. The molecule has 4 aromatic rings. The molecular weight excluding hydrogens is 352 g/mol. The van der Waals surface area contributed by atoms with Crippen molar-refractivity contribution in [2.24, 2.45) is 0 Å². The number of carboxylic acids is 1. The first kappa shape index (κ1) is 17.9. The lowest BCUT2D eigenvalue weighted by Crippen LogP contribution is -2.01. The summed E-state index contributed by atoms with van der Waals surface area (Å²) in [6.45, 7) is 1.82. The van der Waals surface area contributed by atoms with Crippen LogP contribution in [0, 0.1) is 6.92 Å². The molecule has 0 saturated carbocycles. The minimum absolute atomic E-state index is 0.176. The van der Waals surface area contributed by atoms with Crippen LogP contribution in [0.25, 0.3) is 16.8 Å². The molecule has 0 unspecified atom stereocenters. The molecule has 2 heterocycles. The van der Waals surface area contributed by atoms with Crippen LogP contribution in [-0.4, -0.2) is 25.8 Å². The van der Waals surface area contributed by atoms with Gasteiger partial charge in [-0.2, -0.15) is 5.10 Å². The molecule has 0 amide bonds. The minimum atomic E-state index is -1.00. The molecule has 2 aromatic carbocycles. The van der Waals surface area contributed by atoms with Crippen molar-refractivity contribution >= 4 is 11.5 Å². The Hall–Kier alpha value is -3.44. The number of pyridine rings is 1. The van der Waals surface area contributed by atoms with Crippen molar-refractivity contribution < 1.29 is 15.0 Å². The lowest BCUT2D eigenvalue weighted by atomic mass is 9.97. The Kier molecular flexibility index (Phi) is 4.67. The van der Waals surface area contributed by atoms with E-state index < -0.39 is 5.97 Å². The van der Waals surface area contributed by atoms with Crippen molar-refractivity contribution in [1.82, 2.24) is 9.61 Å². The molecule has 0 aliphatic carbocycles. The van der Waals surface area contributed by atoms with Gasteiger partial charge in [-0.3, -0.25) is 0 Å². The maximum absolute atomic E-state index is 11.5. The number of aryl methyl sites for hydroxylation is 1. The summed E-state index contributed by atoms with van der Waals surface area (Å²) in [6, 6.07) is 19.0. The zero-order chi connectivity index (χ0) is 19.7. The minimum Gasteiger partial charge on any atom is -0.478 e. The zero-order valence-electron chi connectivity index (χ0n) is 15.5. The van der Waals surface area contributed by atoms with Crippen LogP contribution >= 0.6 is 0 Å². The number of benzene rings is 2. The average molecular weight is 372 g/mol. The van der Waals surface area contributed by atoms with Crippen LogP contribution in [-0.2, 0) is 13.0 Å². The van der Waals surface area contributed by atoms with Gasteiger partial charge in [0.1, 0.15) is 0 Å². The third kappa shape index (κ3) is 3.40. The van der Waals surface area contributed by atoms with E-state index >= 15 is 0 Å². The standard InChI is InChI=1S/C23H20N2O3/c1-15-7-8-21-20(12-16-9-17(14-26)11-19(10-16)23(27)28)22(24-25(21)13-15)18-5-3-2-4-6-18/h2-11,13,26H,12,14H2,1H3,(H,27,28). The lowest BCUT2D eigenvalue weighted by Gasteiger charge is -2.08. The van der Waals surface area contributed by atoms with Crippen molar-refractivity contribution in [3.05, 3.63) is 94.7 Å². The number of aromatic carboxylic acids is 1. The van der Waals surface area contributed by atoms with Gasteiger partial charge in [0.05, 0.1) is 23.4 Å². The van der Waals surface area contributed by atoms with E-state index in [1.54, 1.807) is 6.07 Å². The van der Waals surface area contributed by atoms with Gasteiger partial charge in [0.15, 0.2) is 0 Å². The molecule has 140 valence electrons. The number of aromatic nitrogens is 2. The maximum Gasteiger partial charge on any atom is 0.335 e. The summed E-state index contributed by atoms with van der Waals surface area (Å²) >= 11 is 0. The summed E-state index contributed by atoms with van der Waals surface area (Å²) in [5.74, 6) is -1.00. The molecule has 0 atom stereocenters. The fourth-order valence-electron chi connectivity index (χ4n) is 3.49. The van der Waals surface area contributed by atoms with E-state index in [4.69, 9.17) is 5.10 Å². The van der Waals surface area contributed by atoms with E-state index in [0.717, 1.165) is 33.5 Å². The van der Waals surface area contributed by atoms with Crippen molar-refractivity contribution in [3.8, 4) is 11.3 Å². The number of fused-ring (bicyclic) bond motifs is 1. The molecule has 0 fully saturated rings. The average Bonchev–Trinajstić information content (AvgIpc) is 3.05. The molecule has 4 rings (SSSR count). The SMILES string of the molecule is Cc1ccc2c(Cc3cc(CO)cc(C(=O)O)c3)c(-c3ccccc3)nn2c1. The second-order valence-electron chi connectivity index (χ2n) is 6.91. The summed E-state index contributed by atoms with van der Waals surface area (Å²) in [5.41, 5.74) is 6.59. The molecule has 5 nitrogen and oxygen atoms in total. The number of hydrogen-bond acceptors (Lipinski definition) is 3. The van der Waals surface area contributed by atoms with Gasteiger partial charge in [-0.25, -0.2) is 9.31 Å². The predicted molar refractivity (Wildman–Crippen MR) is 107 cm³/mol. The molecule has 0 saturated heterocycles. The van der Waals surface area contributed by atoms with E-state index in [1.165, 1.54) is 6.07 Å². The molecule has 5 heteroatoms. The molecule has 2 aromatic heterocycles. The summed E-state index contributed by atoms with van der Waals surface area (Å²) in [5, 5.41) is 23.7. The topological polar surface area (TPSA) is 74.8 Å². The van der Waals surface area contributed by atoms with Gasteiger partial charge >= 0.3 is 5.97 Å². The Balaban J connectivity index is 1.89. The van der Waals surface area contributed by atoms with Gasteiger partial charge in [0.25, 0.3) is 0 Å². The quantitative estimate of drug-likeness (QED) is 0.553. The van der Waals surface area contributed by atoms with Gasteiger partial charge in [-0.1, -0.05) is 42.5 Å². The van der Waals surface area contributed by atoms with Crippen molar-refractivity contribution in [2.45, 2.75) is 20.0 Å². The number of carbonyl (C=O) groups is 1. The Morgan fingerprint density at radius 1 is 1.04 bits per heavy atom.